The number of halogens is 2. The lowest BCUT2D eigenvalue weighted by molar-refractivity contribution is 0.454. The van der Waals surface area contributed by atoms with Gasteiger partial charge in [0.25, 0.3) is 0 Å². The van der Waals surface area contributed by atoms with Crippen LogP contribution in [0.15, 0.2) is 22.9 Å². The summed E-state index contributed by atoms with van der Waals surface area (Å²) < 4.78 is 1.01. The average molecular weight is 262 g/mol. The fourth-order valence-electron chi connectivity index (χ4n) is 1.38. The number of anilines is 1. The van der Waals surface area contributed by atoms with Gasteiger partial charge in [0, 0.05) is 23.8 Å². The van der Waals surface area contributed by atoms with Crippen molar-refractivity contribution in [2.45, 2.75) is 24.3 Å². The van der Waals surface area contributed by atoms with E-state index in [1.165, 1.54) is 0 Å². The summed E-state index contributed by atoms with van der Waals surface area (Å²) in [7, 11) is 0. The van der Waals surface area contributed by atoms with Gasteiger partial charge in [0.2, 0.25) is 0 Å². The Morgan fingerprint density at radius 3 is 2.92 bits per heavy atom. The maximum Gasteiger partial charge on any atom is 0.0590 e. The summed E-state index contributed by atoms with van der Waals surface area (Å²) in [5.74, 6) is 0. The highest BCUT2D eigenvalue weighted by Gasteiger charge is 2.27. The van der Waals surface area contributed by atoms with Crippen LogP contribution in [0.1, 0.15) is 12.8 Å². The highest BCUT2D eigenvalue weighted by atomic mass is 79.9. The average Bonchev–Trinajstić information content (AvgIpc) is 2.06. The van der Waals surface area contributed by atoms with E-state index in [0.717, 1.165) is 23.0 Å². The molecule has 0 unspecified atom stereocenters. The SMILES string of the molecule is ClC1CC(Nc2ccncc2Br)C1. The number of aromatic nitrogens is 1. The van der Waals surface area contributed by atoms with Crippen LogP contribution < -0.4 is 5.32 Å². The first kappa shape index (κ1) is 9.28. The Balaban J connectivity index is 1.98. The zero-order valence-corrected chi connectivity index (χ0v) is 9.35. The maximum atomic E-state index is 5.89. The lowest BCUT2D eigenvalue weighted by Gasteiger charge is -2.32. The van der Waals surface area contributed by atoms with Gasteiger partial charge in [-0.05, 0) is 34.8 Å². The minimum absolute atomic E-state index is 0.359. The van der Waals surface area contributed by atoms with Gasteiger partial charge < -0.3 is 5.32 Å². The standard InChI is InChI=1S/C9H10BrClN2/c10-8-5-12-2-1-9(8)13-7-3-6(11)4-7/h1-2,5-7H,3-4H2,(H,12,13). The summed E-state index contributed by atoms with van der Waals surface area (Å²) in [5, 5.41) is 3.77. The molecule has 1 saturated carbocycles. The molecule has 1 aromatic heterocycles. The quantitative estimate of drug-likeness (QED) is 0.828. The second kappa shape index (κ2) is 3.84. The lowest BCUT2D eigenvalue weighted by atomic mass is 9.92. The largest absolute Gasteiger partial charge is 0.381 e. The molecule has 70 valence electrons. The molecule has 0 saturated heterocycles. The molecule has 4 heteroatoms. The number of hydrogen-bond donors (Lipinski definition) is 1. The molecule has 13 heavy (non-hydrogen) atoms. The van der Waals surface area contributed by atoms with Gasteiger partial charge in [-0.25, -0.2) is 0 Å². The van der Waals surface area contributed by atoms with Crippen LogP contribution in [-0.4, -0.2) is 16.4 Å². The summed E-state index contributed by atoms with van der Waals surface area (Å²) >= 11 is 9.32. The van der Waals surface area contributed by atoms with Crippen molar-refractivity contribution in [3.8, 4) is 0 Å². The molecule has 0 amide bonds. The summed E-state index contributed by atoms with van der Waals surface area (Å²) in [6, 6.07) is 2.49. The normalized spacial score (nSPS) is 26.6. The van der Waals surface area contributed by atoms with Crippen molar-refractivity contribution in [2.24, 2.45) is 0 Å². The third kappa shape index (κ3) is 2.15. The molecule has 1 aliphatic carbocycles. The molecule has 1 heterocycles. The van der Waals surface area contributed by atoms with Crippen molar-refractivity contribution in [3.63, 3.8) is 0 Å². The highest BCUT2D eigenvalue weighted by molar-refractivity contribution is 9.10. The van der Waals surface area contributed by atoms with Crippen LogP contribution in [0.4, 0.5) is 5.69 Å². The first-order valence-electron chi connectivity index (χ1n) is 4.26. The number of hydrogen-bond acceptors (Lipinski definition) is 2. The van der Waals surface area contributed by atoms with E-state index in [-0.39, 0.29) is 0 Å². The summed E-state index contributed by atoms with van der Waals surface area (Å²) in [6.07, 6.45) is 5.68. The van der Waals surface area contributed by atoms with Crippen molar-refractivity contribution in [3.05, 3.63) is 22.9 Å². The predicted molar refractivity (Wildman–Crippen MR) is 58.2 cm³/mol. The molecular formula is C9H10BrClN2. The number of nitrogens with one attached hydrogen (secondary N) is 1. The Morgan fingerprint density at radius 1 is 1.54 bits per heavy atom. The van der Waals surface area contributed by atoms with Gasteiger partial charge in [0.15, 0.2) is 0 Å². The van der Waals surface area contributed by atoms with Crippen molar-refractivity contribution in [2.75, 3.05) is 5.32 Å². The minimum Gasteiger partial charge on any atom is -0.381 e. The molecule has 1 aromatic rings. The summed E-state index contributed by atoms with van der Waals surface area (Å²) in [6.45, 7) is 0. The fraction of sp³-hybridized carbons (Fsp3) is 0.444. The van der Waals surface area contributed by atoms with E-state index in [2.05, 4.69) is 26.2 Å². The molecule has 1 aliphatic rings. The highest BCUT2D eigenvalue weighted by Crippen LogP contribution is 2.30. The van der Waals surface area contributed by atoms with Crippen molar-refractivity contribution < 1.29 is 0 Å². The van der Waals surface area contributed by atoms with E-state index in [1.807, 2.05) is 6.07 Å². The minimum atomic E-state index is 0.359. The first-order valence-corrected chi connectivity index (χ1v) is 5.49. The van der Waals surface area contributed by atoms with Gasteiger partial charge >= 0.3 is 0 Å². The third-order valence-electron chi connectivity index (χ3n) is 2.21. The Hall–Kier alpha value is -0.280. The molecule has 0 atom stereocenters. The summed E-state index contributed by atoms with van der Waals surface area (Å²) in [5.41, 5.74) is 1.10. The van der Waals surface area contributed by atoms with Crippen molar-refractivity contribution in [1.29, 1.82) is 0 Å². The van der Waals surface area contributed by atoms with E-state index in [0.29, 0.717) is 11.4 Å². The molecule has 0 bridgehead atoms. The van der Waals surface area contributed by atoms with Crippen LogP contribution in [0.25, 0.3) is 0 Å². The van der Waals surface area contributed by atoms with Crippen LogP contribution >= 0.6 is 27.5 Å². The molecule has 0 aliphatic heterocycles. The molecule has 0 aromatic carbocycles. The summed E-state index contributed by atoms with van der Waals surface area (Å²) in [4.78, 5) is 4.00. The van der Waals surface area contributed by atoms with Crippen molar-refractivity contribution >= 4 is 33.2 Å². The van der Waals surface area contributed by atoms with E-state index < -0.39 is 0 Å². The van der Waals surface area contributed by atoms with E-state index >= 15 is 0 Å². The van der Waals surface area contributed by atoms with Gasteiger partial charge in [0.05, 0.1) is 10.2 Å². The fourth-order valence-corrected chi connectivity index (χ4v) is 2.17. The number of rotatable bonds is 2. The molecular weight excluding hydrogens is 251 g/mol. The van der Waals surface area contributed by atoms with Gasteiger partial charge in [-0.2, -0.15) is 0 Å². The Labute approximate surface area is 90.8 Å². The molecule has 0 spiro atoms. The van der Waals surface area contributed by atoms with E-state index in [1.54, 1.807) is 12.4 Å². The van der Waals surface area contributed by atoms with Crippen LogP contribution in [0.5, 0.6) is 0 Å². The van der Waals surface area contributed by atoms with Crippen LogP contribution in [0.2, 0.25) is 0 Å². The second-order valence-corrected chi connectivity index (χ2v) is 4.74. The predicted octanol–water partition coefficient (Wildman–Crippen LogP) is 3.03. The number of pyridine rings is 1. The monoisotopic (exact) mass is 260 g/mol. The van der Waals surface area contributed by atoms with Gasteiger partial charge in [0.1, 0.15) is 0 Å². The van der Waals surface area contributed by atoms with Gasteiger partial charge in [-0.15, -0.1) is 11.6 Å². The zero-order valence-electron chi connectivity index (χ0n) is 7.00. The molecule has 2 rings (SSSR count). The molecule has 0 radical (unpaired) electrons. The second-order valence-electron chi connectivity index (χ2n) is 3.27. The van der Waals surface area contributed by atoms with E-state index in [9.17, 15) is 0 Å². The first-order chi connectivity index (χ1) is 6.25. The smallest absolute Gasteiger partial charge is 0.0590 e. The number of alkyl halides is 1. The number of nitrogens with zero attached hydrogens (tertiary/aromatic N) is 1. The zero-order chi connectivity index (χ0) is 9.26. The Bertz CT molecular complexity index is 299. The molecule has 2 nitrogen and oxygen atoms in total. The van der Waals surface area contributed by atoms with Crippen LogP contribution in [-0.2, 0) is 0 Å². The third-order valence-corrected chi connectivity index (χ3v) is 3.20. The lowest BCUT2D eigenvalue weighted by Crippen LogP contribution is -2.36. The topological polar surface area (TPSA) is 24.9 Å². The van der Waals surface area contributed by atoms with E-state index in [4.69, 9.17) is 11.6 Å². The van der Waals surface area contributed by atoms with Gasteiger partial charge in [-0.3, -0.25) is 4.98 Å². The van der Waals surface area contributed by atoms with Crippen molar-refractivity contribution in [1.82, 2.24) is 4.98 Å². The maximum absolute atomic E-state index is 5.89. The van der Waals surface area contributed by atoms with Crippen LogP contribution in [0.3, 0.4) is 0 Å². The Kier molecular flexibility index (Phi) is 2.74. The molecule has 1 fully saturated rings. The Morgan fingerprint density at radius 2 is 2.31 bits per heavy atom. The van der Waals surface area contributed by atoms with Gasteiger partial charge in [-0.1, -0.05) is 0 Å². The molecule has 1 N–H and O–H groups in total. The van der Waals surface area contributed by atoms with Crippen LogP contribution in [0, 0.1) is 0 Å².